The summed E-state index contributed by atoms with van der Waals surface area (Å²) in [6.45, 7) is 3.56. The van der Waals surface area contributed by atoms with E-state index < -0.39 is 0 Å². The number of rotatable bonds is 3. The number of hydrogen-bond donors (Lipinski definition) is 1. The average Bonchev–Trinajstić information content (AvgIpc) is 2.27. The summed E-state index contributed by atoms with van der Waals surface area (Å²) in [5.74, 6) is 0. The van der Waals surface area contributed by atoms with Crippen LogP contribution >= 0.6 is 11.6 Å². The standard InChI is InChI=1S/C11H16ClN3O/c1-8-6-10(12)15-11(14-8)16-7-9-4-2-3-5-13-9/h6,9,13H,2-5,7H2,1H3. The van der Waals surface area contributed by atoms with Crippen LogP contribution in [0.5, 0.6) is 6.01 Å². The molecule has 0 aliphatic carbocycles. The molecule has 0 saturated carbocycles. The van der Waals surface area contributed by atoms with Gasteiger partial charge in [0.1, 0.15) is 11.8 Å². The summed E-state index contributed by atoms with van der Waals surface area (Å²) in [4.78, 5) is 8.20. The fourth-order valence-electron chi connectivity index (χ4n) is 1.81. The number of nitrogens with one attached hydrogen (secondary N) is 1. The van der Waals surface area contributed by atoms with Gasteiger partial charge in [-0.05, 0) is 32.4 Å². The van der Waals surface area contributed by atoms with Gasteiger partial charge in [-0.1, -0.05) is 18.0 Å². The van der Waals surface area contributed by atoms with Crippen LogP contribution in [0.3, 0.4) is 0 Å². The molecule has 0 amide bonds. The molecular weight excluding hydrogens is 226 g/mol. The lowest BCUT2D eigenvalue weighted by Gasteiger charge is -2.22. The molecule has 1 aromatic rings. The molecule has 1 saturated heterocycles. The van der Waals surface area contributed by atoms with E-state index in [1.807, 2.05) is 6.92 Å². The molecule has 0 radical (unpaired) electrons. The summed E-state index contributed by atoms with van der Waals surface area (Å²) in [5.41, 5.74) is 0.826. The Kier molecular flexibility index (Phi) is 3.96. The van der Waals surface area contributed by atoms with Crippen LogP contribution < -0.4 is 10.1 Å². The molecule has 2 rings (SSSR count). The largest absolute Gasteiger partial charge is 0.462 e. The molecule has 5 heteroatoms. The Balaban J connectivity index is 1.88. The molecule has 0 aromatic carbocycles. The first-order valence-electron chi connectivity index (χ1n) is 5.61. The molecule has 1 aliphatic rings. The number of hydrogen-bond acceptors (Lipinski definition) is 4. The minimum absolute atomic E-state index is 0.373. The molecule has 4 nitrogen and oxygen atoms in total. The van der Waals surface area contributed by atoms with E-state index in [1.54, 1.807) is 6.07 Å². The Bertz CT molecular complexity index is 333. The van der Waals surface area contributed by atoms with Gasteiger partial charge in [0.2, 0.25) is 0 Å². The second-order valence-corrected chi connectivity index (χ2v) is 4.46. The smallest absolute Gasteiger partial charge is 0.318 e. The van der Waals surface area contributed by atoms with E-state index in [0.29, 0.717) is 23.8 Å². The zero-order valence-electron chi connectivity index (χ0n) is 9.37. The number of piperidine rings is 1. The Hall–Kier alpha value is -0.870. The first-order chi connectivity index (χ1) is 7.74. The van der Waals surface area contributed by atoms with Crippen molar-refractivity contribution in [1.29, 1.82) is 0 Å². The second kappa shape index (κ2) is 5.46. The Labute approximate surface area is 100 Å². The van der Waals surface area contributed by atoms with E-state index >= 15 is 0 Å². The van der Waals surface area contributed by atoms with Crippen molar-refractivity contribution in [1.82, 2.24) is 15.3 Å². The van der Waals surface area contributed by atoms with Crippen molar-refractivity contribution >= 4 is 11.6 Å². The zero-order chi connectivity index (χ0) is 11.4. The van der Waals surface area contributed by atoms with Gasteiger partial charge in [0.05, 0.1) is 0 Å². The third kappa shape index (κ3) is 3.32. The maximum atomic E-state index is 5.82. The summed E-state index contributed by atoms with van der Waals surface area (Å²) in [7, 11) is 0. The summed E-state index contributed by atoms with van der Waals surface area (Å²) in [6.07, 6.45) is 3.67. The quantitative estimate of drug-likeness (QED) is 0.822. The van der Waals surface area contributed by atoms with Gasteiger partial charge in [-0.2, -0.15) is 4.98 Å². The fourth-order valence-corrected chi connectivity index (χ4v) is 2.04. The highest BCUT2D eigenvalue weighted by Crippen LogP contribution is 2.13. The van der Waals surface area contributed by atoms with Crippen molar-refractivity contribution in [2.75, 3.05) is 13.2 Å². The van der Waals surface area contributed by atoms with Crippen molar-refractivity contribution in [2.24, 2.45) is 0 Å². The highest BCUT2D eigenvalue weighted by molar-refractivity contribution is 6.29. The maximum absolute atomic E-state index is 5.82. The van der Waals surface area contributed by atoms with Gasteiger partial charge < -0.3 is 10.1 Å². The number of halogens is 1. The summed E-state index contributed by atoms with van der Waals surface area (Å²) in [5, 5.41) is 3.83. The van der Waals surface area contributed by atoms with Crippen LogP contribution in [0, 0.1) is 6.92 Å². The maximum Gasteiger partial charge on any atom is 0.318 e. The summed E-state index contributed by atoms with van der Waals surface area (Å²) < 4.78 is 5.54. The molecule has 1 aliphatic heterocycles. The van der Waals surface area contributed by atoms with Crippen molar-refractivity contribution < 1.29 is 4.74 Å². The predicted molar refractivity (Wildman–Crippen MR) is 62.9 cm³/mol. The van der Waals surface area contributed by atoms with Crippen LogP contribution in [0.15, 0.2) is 6.07 Å². The van der Waals surface area contributed by atoms with Gasteiger partial charge in [0, 0.05) is 11.7 Å². The molecule has 1 N–H and O–H groups in total. The average molecular weight is 242 g/mol. The number of aryl methyl sites for hydroxylation is 1. The molecular formula is C11H16ClN3O. The predicted octanol–water partition coefficient (Wildman–Crippen LogP) is 1.96. The van der Waals surface area contributed by atoms with Crippen LogP contribution in [-0.2, 0) is 0 Å². The second-order valence-electron chi connectivity index (χ2n) is 4.07. The Morgan fingerprint density at radius 3 is 3.06 bits per heavy atom. The monoisotopic (exact) mass is 241 g/mol. The van der Waals surface area contributed by atoms with E-state index in [9.17, 15) is 0 Å². The van der Waals surface area contributed by atoms with Gasteiger partial charge in [-0.3, -0.25) is 0 Å². The SMILES string of the molecule is Cc1cc(Cl)nc(OCC2CCCCN2)n1. The molecule has 0 spiro atoms. The minimum atomic E-state index is 0.373. The third-order valence-electron chi connectivity index (χ3n) is 2.63. The third-order valence-corrected chi connectivity index (χ3v) is 2.82. The van der Waals surface area contributed by atoms with Crippen molar-refractivity contribution in [2.45, 2.75) is 32.2 Å². The van der Waals surface area contributed by atoms with Crippen LogP contribution in [0.2, 0.25) is 5.15 Å². The molecule has 0 bridgehead atoms. The van der Waals surface area contributed by atoms with E-state index in [-0.39, 0.29) is 0 Å². The van der Waals surface area contributed by atoms with Crippen LogP contribution in [0.25, 0.3) is 0 Å². The van der Waals surface area contributed by atoms with Gasteiger partial charge in [-0.25, -0.2) is 4.98 Å². The summed E-state index contributed by atoms with van der Waals surface area (Å²) >= 11 is 5.82. The van der Waals surface area contributed by atoms with E-state index in [0.717, 1.165) is 18.7 Å². The lowest BCUT2D eigenvalue weighted by Crippen LogP contribution is -2.38. The lowest BCUT2D eigenvalue weighted by atomic mass is 10.1. The molecule has 1 fully saturated rings. The molecule has 1 aromatic heterocycles. The van der Waals surface area contributed by atoms with Crippen LogP contribution in [0.4, 0.5) is 0 Å². The molecule has 16 heavy (non-hydrogen) atoms. The van der Waals surface area contributed by atoms with Crippen LogP contribution in [-0.4, -0.2) is 29.2 Å². The number of ether oxygens (including phenoxy) is 1. The molecule has 1 unspecified atom stereocenters. The zero-order valence-corrected chi connectivity index (χ0v) is 10.1. The number of aromatic nitrogens is 2. The van der Waals surface area contributed by atoms with Gasteiger partial charge in [-0.15, -0.1) is 0 Å². The van der Waals surface area contributed by atoms with E-state index in [2.05, 4.69) is 15.3 Å². The highest BCUT2D eigenvalue weighted by Gasteiger charge is 2.13. The van der Waals surface area contributed by atoms with Crippen molar-refractivity contribution in [3.8, 4) is 6.01 Å². The van der Waals surface area contributed by atoms with Crippen LogP contribution in [0.1, 0.15) is 25.0 Å². The first-order valence-corrected chi connectivity index (χ1v) is 5.99. The lowest BCUT2D eigenvalue weighted by molar-refractivity contribution is 0.224. The first kappa shape index (κ1) is 11.6. The normalized spacial score (nSPS) is 20.8. The van der Waals surface area contributed by atoms with Crippen molar-refractivity contribution in [3.05, 3.63) is 16.9 Å². The van der Waals surface area contributed by atoms with E-state index in [4.69, 9.17) is 16.3 Å². The van der Waals surface area contributed by atoms with Gasteiger partial charge in [0.15, 0.2) is 0 Å². The van der Waals surface area contributed by atoms with Crippen molar-refractivity contribution in [3.63, 3.8) is 0 Å². The highest BCUT2D eigenvalue weighted by atomic mass is 35.5. The minimum Gasteiger partial charge on any atom is -0.462 e. The van der Waals surface area contributed by atoms with Gasteiger partial charge >= 0.3 is 6.01 Å². The Morgan fingerprint density at radius 2 is 2.38 bits per heavy atom. The summed E-state index contributed by atoms with van der Waals surface area (Å²) in [6, 6.07) is 2.50. The number of nitrogens with zero attached hydrogens (tertiary/aromatic N) is 2. The fraction of sp³-hybridized carbons (Fsp3) is 0.636. The molecule has 2 heterocycles. The Morgan fingerprint density at radius 1 is 1.50 bits per heavy atom. The molecule has 1 atom stereocenters. The van der Waals surface area contributed by atoms with E-state index in [1.165, 1.54) is 12.8 Å². The topological polar surface area (TPSA) is 47.0 Å². The molecule has 88 valence electrons. The van der Waals surface area contributed by atoms with Gasteiger partial charge in [0.25, 0.3) is 0 Å².